The summed E-state index contributed by atoms with van der Waals surface area (Å²) in [4.78, 5) is 28.1. The first kappa shape index (κ1) is 30.1. The third-order valence-electron chi connectivity index (χ3n) is 6.80. The van der Waals surface area contributed by atoms with Crippen molar-refractivity contribution >= 4 is 28.4 Å². The summed E-state index contributed by atoms with van der Waals surface area (Å²) in [5, 5.41) is 20.1. The molecular weight excluding hydrogens is 541 g/mol. The Morgan fingerprint density at radius 1 is 1.29 bits per heavy atom. The number of ether oxygens (including phenoxy) is 2. The lowest BCUT2D eigenvalue weighted by Gasteiger charge is -2.39. The van der Waals surface area contributed by atoms with Crippen molar-refractivity contribution < 1.29 is 27.4 Å². The van der Waals surface area contributed by atoms with Gasteiger partial charge in [-0.3, -0.25) is 9.48 Å². The van der Waals surface area contributed by atoms with Crippen LogP contribution in [0.2, 0.25) is 0 Å². The van der Waals surface area contributed by atoms with E-state index in [1.807, 2.05) is 0 Å². The van der Waals surface area contributed by atoms with Gasteiger partial charge in [0.05, 0.1) is 30.2 Å². The number of hydrogen-bond acceptors (Lipinski definition) is 8. The molecule has 0 unspecified atom stereocenters. The molecule has 1 fully saturated rings. The molecule has 3 atom stereocenters. The summed E-state index contributed by atoms with van der Waals surface area (Å²) in [6.07, 6.45) is -3.18. The van der Waals surface area contributed by atoms with E-state index in [0.29, 0.717) is 17.6 Å². The summed E-state index contributed by atoms with van der Waals surface area (Å²) in [5.74, 6) is -0.322. The van der Waals surface area contributed by atoms with Crippen LogP contribution in [-0.4, -0.2) is 51.8 Å². The minimum absolute atomic E-state index is 0.00495. The summed E-state index contributed by atoms with van der Waals surface area (Å²) < 4.78 is 53.4. The Bertz CT molecular complexity index is 1480. The highest BCUT2D eigenvalue weighted by Crippen LogP contribution is 2.38. The van der Waals surface area contributed by atoms with Gasteiger partial charge in [0.1, 0.15) is 17.0 Å². The van der Waals surface area contributed by atoms with Crippen LogP contribution in [-0.2, 0) is 19.8 Å². The molecule has 1 aliphatic rings. The molecule has 1 aromatic carbocycles. The van der Waals surface area contributed by atoms with Crippen LogP contribution in [0, 0.1) is 11.3 Å². The smallest absolute Gasteiger partial charge is 0.407 e. The number of rotatable bonds is 8. The van der Waals surface area contributed by atoms with Crippen LogP contribution in [0.15, 0.2) is 41.3 Å². The highest BCUT2D eigenvalue weighted by molar-refractivity contribution is 5.91. The second-order valence-electron chi connectivity index (χ2n) is 11.0. The van der Waals surface area contributed by atoms with E-state index in [1.54, 1.807) is 38.4 Å². The molecule has 10 nitrogen and oxygen atoms in total. The van der Waals surface area contributed by atoms with Crippen molar-refractivity contribution in [3.63, 3.8) is 0 Å². The maximum absolute atomic E-state index is 13.5. The Kier molecular flexibility index (Phi) is 8.46. The second kappa shape index (κ2) is 11.5. The fourth-order valence-corrected chi connectivity index (χ4v) is 4.94. The molecule has 3 aromatic rings. The molecule has 0 spiro atoms. The lowest BCUT2D eigenvalue weighted by atomic mass is 9.87. The number of fused-ring (bicyclic) bond motifs is 1. The molecule has 2 aromatic heterocycles. The molecular formula is C28H33F3N6O4. The van der Waals surface area contributed by atoms with Crippen LogP contribution in [0.5, 0.6) is 0 Å². The zero-order chi connectivity index (χ0) is 30.0. The van der Waals surface area contributed by atoms with Gasteiger partial charge in [-0.15, -0.1) is 0 Å². The highest BCUT2D eigenvalue weighted by Gasteiger charge is 2.43. The Labute approximate surface area is 234 Å². The molecule has 0 bridgehead atoms. The van der Waals surface area contributed by atoms with Crippen LogP contribution in [0.1, 0.15) is 58.6 Å². The number of benzene rings is 1. The van der Waals surface area contributed by atoms with Crippen LogP contribution in [0.3, 0.4) is 0 Å². The lowest BCUT2D eigenvalue weighted by Crippen LogP contribution is -2.47. The van der Waals surface area contributed by atoms with Crippen molar-refractivity contribution in [2.45, 2.75) is 76.4 Å². The number of anilines is 2. The monoisotopic (exact) mass is 574 g/mol. The topological polar surface area (TPSA) is 134 Å². The van der Waals surface area contributed by atoms with Crippen molar-refractivity contribution in [2.24, 2.45) is 0 Å². The Morgan fingerprint density at radius 3 is 2.56 bits per heavy atom. The average Bonchev–Trinajstić information content (AvgIpc) is 3.27. The molecule has 220 valence electrons. The van der Waals surface area contributed by atoms with E-state index in [1.165, 1.54) is 30.5 Å². The van der Waals surface area contributed by atoms with Crippen molar-refractivity contribution in [3.8, 4) is 6.07 Å². The number of nitriles is 1. The third kappa shape index (κ3) is 6.55. The molecule has 41 heavy (non-hydrogen) atoms. The molecule has 0 amide bonds. The summed E-state index contributed by atoms with van der Waals surface area (Å²) in [6.45, 7) is 7.01. The van der Waals surface area contributed by atoms with Gasteiger partial charge in [0.15, 0.2) is 11.9 Å². The predicted octanol–water partition coefficient (Wildman–Crippen LogP) is 4.81. The first-order valence-corrected chi connectivity index (χ1v) is 13.3. The first-order chi connectivity index (χ1) is 19.3. The van der Waals surface area contributed by atoms with E-state index < -0.39 is 41.0 Å². The quantitative estimate of drug-likeness (QED) is 0.327. The number of pyridine rings is 1. The van der Waals surface area contributed by atoms with Gasteiger partial charge in [-0.25, -0.2) is 4.79 Å². The lowest BCUT2D eigenvalue weighted by molar-refractivity contribution is -0.176. The molecule has 13 heteroatoms. The van der Waals surface area contributed by atoms with Crippen LogP contribution in [0.25, 0.3) is 10.9 Å². The average molecular weight is 575 g/mol. The van der Waals surface area contributed by atoms with E-state index in [4.69, 9.17) is 9.47 Å². The molecule has 0 aliphatic carbocycles. The number of nitrogens with one attached hydrogen (secondary N) is 3. The van der Waals surface area contributed by atoms with Gasteiger partial charge in [0.2, 0.25) is 0 Å². The SMILES string of the molecule is CCN[C@@H](c1ccc(Nc2nn([C@]3(CC#N)CC[C@@H](C(=O)OC(C)(C)C)OC3)c3cc[nH]c(=O)c23)cc1)C(F)(F)F. The maximum Gasteiger partial charge on any atom is 0.407 e. The Hall–Kier alpha value is -3.89. The van der Waals surface area contributed by atoms with E-state index in [2.05, 4.69) is 26.8 Å². The van der Waals surface area contributed by atoms with Crippen molar-refractivity contribution in [1.29, 1.82) is 5.26 Å². The fourth-order valence-electron chi connectivity index (χ4n) is 4.94. The van der Waals surface area contributed by atoms with Crippen molar-refractivity contribution in [3.05, 3.63) is 52.4 Å². The summed E-state index contributed by atoms with van der Waals surface area (Å²) in [5.41, 5.74) is -1.20. The zero-order valence-electron chi connectivity index (χ0n) is 23.3. The summed E-state index contributed by atoms with van der Waals surface area (Å²) in [6, 6.07) is 7.69. The number of nitrogens with zero attached hydrogens (tertiary/aromatic N) is 3. The van der Waals surface area contributed by atoms with E-state index in [0.717, 1.165) is 0 Å². The maximum atomic E-state index is 13.5. The van der Waals surface area contributed by atoms with Gasteiger partial charge >= 0.3 is 12.1 Å². The molecule has 3 heterocycles. The number of hydrogen-bond donors (Lipinski definition) is 3. The number of aromatic nitrogens is 3. The number of aromatic amines is 1. The van der Waals surface area contributed by atoms with Gasteiger partial charge in [-0.05, 0) is 63.9 Å². The van der Waals surface area contributed by atoms with Gasteiger partial charge in [-0.2, -0.15) is 23.5 Å². The number of carbonyl (C=O) groups is 1. The van der Waals surface area contributed by atoms with Gasteiger partial charge in [0, 0.05) is 11.9 Å². The summed E-state index contributed by atoms with van der Waals surface area (Å²) >= 11 is 0. The number of esters is 1. The number of H-pyrrole nitrogens is 1. The number of alkyl halides is 3. The normalized spacial score (nSPS) is 20.4. The Morgan fingerprint density at radius 2 is 2.00 bits per heavy atom. The predicted molar refractivity (Wildman–Crippen MR) is 146 cm³/mol. The first-order valence-electron chi connectivity index (χ1n) is 13.3. The van der Waals surface area contributed by atoms with Crippen LogP contribution < -0.4 is 16.2 Å². The van der Waals surface area contributed by atoms with Crippen LogP contribution >= 0.6 is 0 Å². The minimum atomic E-state index is -4.47. The summed E-state index contributed by atoms with van der Waals surface area (Å²) in [7, 11) is 0. The van der Waals surface area contributed by atoms with Crippen molar-refractivity contribution in [2.75, 3.05) is 18.5 Å². The molecule has 0 saturated carbocycles. The minimum Gasteiger partial charge on any atom is -0.458 e. The largest absolute Gasteiger partial charge is 0.458 e. The molecule has 4 rings (SSSR count). The number of halogens is 3. The van der Waals surface area contributed by atoms with Gasteiger partial charge in [0.25, 0.3) is 5.56 Å². The standard InChI is InChI=1S/C28H33F3N6O4/c1-5-33-22(28(29,30)31)17-6-8-18(9-7-17)35-23-21-19(11-15-34-24(21)38)37(36-23)27(13-14-32)12-10-20(40-16-27)25(39)41-26(2,3)4/h6-9,11,15,20,22,33H,5,10,12-13,16H2,1-4H3,(H,34,38)(H,35,36)/t20-,22-,27-/m0/s1. The van der Waals surface area contributed by atoms with E-state index in [-0.39, 0.29) is 42.8 Å². The zero-order valence-corrected chi connectivity index (χ0v) is 23.3. The van der Waals surface area contributed by atoms with Gasteiger partial charge < -0.3 is 25.1 Å². The third-order valence-corrected chi connectivity index (χ3v) is 6.80. The molecule has 1 saturated heterocycles. The Balaban J connectivity index is 1.66. The van der Waals surface area contributed by atoms with E-state index in [9.17, 15) is 28.0 Å². The molecule has 3 N–H and O–H groups in total. The molecule has 0 radical (unpaired) electrons. The highest BCUT2D eigenvalue weighted by atomic mass is 19.4. The van der Waals surface area contributed by atoms with E-state index >= 15 is 0 Å². The van der Waals surface area contributed by atoms with Crippen molar-refractivity contribution in [1.82, 2.24) is 20.1 Å². The van der Waals surface area contributed by atoms with Crippen LogP contribution in [0.4, 0.5) is 24.7 Å². The molecule has 1 aliphatic heterocycles. The van der Waals surface area contributed by atoms with Gasteiger partial charge in [-0.1, -0.05) is 19.1 Å². The number of carbonyl (C=O) groups excluding carboxylic acids is 1. The second-order valence-corrected chi connectivity index (χ2v) is 11.0. The fraction of sp³-hybridized carbons (Fsp3) is 0.500.